The molecule has 2 aromatic rings. The van der Waals surface area contributed by atoms with Gasteiger partial charge in [0.1, 0.15) is 0 Å². The fourth-order valence-electron chi connectivity index (χ4n) is 3.33. The third-order valence-corrected chi connectivity index (χ3v) is 8.43. The maximum atomic E-state index is 12.8. The molecule has 1 saturated heterocycles. The first kappa shape index (κ1) is 23.4. The minimum absolute atomic E-state index is 0.0897. The van der Waals surface area contributed by atoms with Crippen molar-refractivity contribution in [1.29, 1.82) is 0 Å². The summed E-state index contributed by atoms with van der Waals surface area (Å²) < 4.78 is 27.0. The number of piperidine rings is 1. The highest BCUT2D eigenvalue weighted by Crippen LogP contribution is 2.25. The van der Waals surface area contributed by atoms with Crippen molar-refractivity contribution in [2.24, 2.45) is 5.92 Å². The Balaban J connectivity index is 1.45. The average molecular weight is 487 g/mol. The number of carbonyl (C=O) groups excluding carboxylic acids is 1. The molecule has 1 fully saturated rings. The molecule has 162 valence electrons. The largest absolute Gasteiger partial charge is 0.355 e. The van der Waals surface area contributed by atoms with Gasteiger partial charge in [0.2, 0.25) is 15.9 Å². The molecule has 0 aliphatic carbocycles. The molecule has 1 aliphatic heterocycles. The van der Waals surface area contributed by atoms with Crippen molar-refractivity contribution in [3.8, 4) is 0 Å². The van der Waals surface area contributed by atoms with E-state index in [1.165, 1.54) is 4.31 Å². The number of carbonyl (C=O) groups is 1. The third kappa shape index (κ3) is 6.14. The summed E-state index contributed by atoms with van der Waals surface area (Å²) in [5.74, 6) is 1.06. The molecular weight excluding hydrogens is 463 g/mol. The molecule has 5 nitrogen and oxygen atoms in total. The Morgan fingerprint density at radius 2 is 1.93 bits per heavy atom. The molecule has 1 heterocycles. The molecule has 1 amide bonds. The van der Waals surface area contributed by atoms with E-state index >= 15 is 0 Å². The molecular formula is C21H24Cl2N2O3S2. The number of rotatable bonds is 8. The lowest BCUT2D eigenvalue weighted by molar-refractivity contribution is -0.125. The maximum absolute atomic E-state index is 12.8. The lowest BCUT2D eigenvalue weighted by atomic mass is 9.99. The van der Waals surface area contributed by atoms with Gasteiger partial charge in [-0.2, -0.15) is 16.1 Å². The van der Waals surface area contributed by atoms with Crippen LogP contribution in [0.2, 0.25) is 10.0 Å². The van der Waals surface area contributed by atoms with E-state index in [1.54, 1.807) is 48.2 Å². The topological polar surface area (TPSA) is 66.5 Å². The summed E-state index contributed by atoms with van der Waals surface area (Å²) >= 11 is 13.7. The number of nitrogens with zero attached hydrogens (tertiary/aromatic N) is 1. The van der Waals surface area contributed by atoms with Gasteiger partial charge in [-0.1, -0.05) is 47.5 Å². The van der Waals surface area contributed by atoms with Crippen molar-refractivity contribution in [2.45, 2.75) is 23.5 Å². The summed E-state index contributed by atoms with van der Waals surface area (Å²) in [5, 5.41) is 4.19. The summed E-state index contributed by atoms with van der Waals surface area (Å²) in [6, 6.07) is 13.8. The van der Waals surface area contributed by atoms with Crippen molar-refractivity contribution < 1.29 is 13.2 Å². The fraction of sp³-hybridized carbons (Fsp3) is 0.381. The van der Waals surface area contributed by atoms with Gasteiger partial charge in [-0.25, -0.2) is 8.42 Å². The normalized spacial score (nSPS) is 17.6. The van der Waals surface area contributed by atoms with E-state index in [1.807, 2.05) is 12.1 Å². The zero-order valence-electron chi connectivity index (χ0n) is 16.4. The van der Waals surface area contributed by atoms with Crippen LogP contribution in [0.4, 0.5) is 0 Å². The van der Waals surface area contributed by atoms with Crippen LogP contribution < -0.4 is 5.32 Å². The Bertz CT molecular complexity index is 971. The van der Waals surface area contributed by atoms with Gasteiger partial charge in [0.25, 0.3) is 0 Å². The first-order chi connectivity index (χ1) is 14.4. The first-order valence-electron chi connectivity index (χ1n) is 9.72. The lowest BCUT2D eigenvalue weighted by Crippen LogP contribution is -2.45. The molecule has 0 spiro atoms. The standard InChI is InChI=1S/C21H24Cl2N2O3S2/c22-18-9-8-17(20(23)13-18)15-29-12-10-24-21(26)16-5-4-11-25(14-16)30(27,28)19-6-2-1-3-7-19/h1-3,6-9,13,16H,4-5,10-12,14-15H2,(H,24,26). The molecule has 0 bridgehead atoms. The number of halogens is 2. The van der Waals surface area contributed by atoms with E-state index in [-0.39, 0.29) is 23.3 Å². The summed E-state index contributed by atoms with van der Waals surface area (Å²) in [7, 11) is -3.57. The smallest absolute Gasteiger partial charge is 0.243 e. The molecule has 30 heavy (non-hydrogen) atoms. The SMILES string of the molecule is O=C(NCCSCc1ccc(Cl)cc1Cl)C1CCCN(S(=O)(=O)c2ccccc2)C1. The molecule has 1 N–H and O–H groups in total. The predicted molar refractivity (Wildman–Crippen MR) is 124 cm³/mol. The molecule has 1 aliphatic rings. The van der Waals surface area contributed by atoms with E-state index in [4.69, 9.17) is 23.2 Å². The molecule has 2 aromatic carbocycles. The number of benzene rings is 2. The minimum Gasteiger partial charge on any atom is -0.355 e. The molecule has 1 unspecified atom stereocenters. The Kier molecular flexibility index (Phi) is 8.48. The van der Waals surface area contributed by atoms with Crippen molar-refractivity contribution in [1.82, 2.24) is 9.62 Å². The second kappa shape index (κ2) is 10.9. The zero-order chi connectivity index (χ0) is 21.6. The van der Waals surface area contributed by atoms with Crippen molar-refractivity contribution in [3.05, 3.63) is 64.1 Å². The van der Waals surface area contributed by atoms with Crippen LogP contribution in [0.1, 0.15) is 18.4 Å². The highest BCUT2D eigenvalue weighted by molar-refractivity contribution is 7.98. The van der Waals surface area contributed by atoms with E-state index in [0.29, 0.717) is 36.0 Å². The lowest BCUT2D eigenvalue weighted by Gasteiger charge is -2.31. The Labute approximate surface area is 192 Å². The van der Waals surface area contributed by atoms with E-state index in [9.17, 15) is 13.2 Å². The van der Waals surface area contributed by atoms with Crippen LogP contribution >= 0.6 is 35.0 Å². The van der Waals surface area contributed by atoms with E-state index in [2.05, 4.69) is 5.32 Å². The predicted octanol–water partition coefficient (Wildman–Crippen LogP) is 4.44. The van der Waals surface area contributed by atoms with Crippen molar-refractivity contribution in [3.63, 3.8) is 0 Å². The van der Waals surface area contributed by atoms with Crippen LogP contribution in [0, 0.1) is 5.92 Å². The second-order valence-corrected chi connectivity index (χ2v) is 11.0. The monoisotopic (exact) mass is 486 g/mol. The average Bonchev–Trinajstić information content (AvgIpc) is 2.75. The Morgan fingerprint density at radius 3 is 2.67 bits per heavy atom. The number of nitrogens with one attached hydrogen (secondary N) is 1. The highest BCUT2D eigenvalue weighted by Gasteiger charge is 2.33. The number of hydrogen-bond donors (Lipinski definition) is 1. The molecule has 1 atom stereocenters. The number of sulfonamides is 1. The number of amides is 1. The van der Waals surface area contributed by atoms with Crippen LogP contribution in [-0.2, 0) is 20.6 Å². The highest BCUT2D eigenvalue weighted by atomic mass is 35.5. The molecule has 3 rings (SSSR count). The number of thioether (sulfide) groups is 1. The zero-order valence-corrected chi connectivity index (χ0v) is 19.5. The van der Waals surface area contributed by atoms with Crippen LogP contribution in [-0.4, -0.2) is 44.0 Å². The summed E-state index contributed by atoms with van der Waals surface area (Å²) in [4.78, 5) is 12.8. The van der Waals surface area contributed by atoms with Crippen molar-refractivity contribution >= 4 is 50.9 Å². The van der Waals surface area contributed by atoms with E-state index in [0.717, 1.165) is 17.1 Å². The quantitative estimate of drug-likeness (QED) is 0.559. The van der Waals surface area contributed by atoms with Crippen LogP contribution in [0.15, 0.2) is 53.4 Å². The van der Waals surface area contributed by atoms with Crippen LogP contribution in [0.25, 0.3) is 0 Å². The fourth-order valence-corrected chi connectivity index (χ4v) is 6.29. The second-order valence-electron chi connectivity index (χ2n) is 7.09. The van der Waals surface area contributed by atoms with Gasteiger partial charge in [-0.3, -0.25) is 4.79 Å². The van der Waals surface area contributed by atoms with Gasteiger partial charge in [0.15, 0.2) is 0 Å². The summed E-state index contributed by atoms with van der Waals surface area (Å²) in [6.45, 7) is 1.19. The molecule has 0 aromatic heterocycles. The first-order valence-corrected chi connectivity index (χ1v) is 13.1. The van der Waals surface area contributed by atoms with Crippen molar-refractivity contribution in [2.75, 3.05) is 25.4 Å². The van der Waals surface area contributed by atoms with Gasteiger partial charge in [0, 0.05) is 41.2 Å². The van der Waals surface area contributed by atoms with Gasteiger partial charge in [0.05, 0.1) is 10.8 Å². The van der Waals surface area contributed by atoms with Gasteiger partial charge in [-0.15, -0.1) is 0 Å². The Morgan fingerprint density at radius 1 is 1.17 bits per heavy atom. The van der Waals surface area contributed by atoms with Gasteiger partial charge < -0.3 is 5.32 Å². The summed E-state index contributed by atoms with van der Waals surface area (Å²) in [6.07, 6.45) is 1.37. The minimum atomic E-state index is -3.57. The van der Waals surface area contributed by atoms with Gasteiger partial charge in [-0.05, 0) is 42.7 Å². The van der Waals surface area contributed by atoms with Crippen LogP contribution in [0.3, 0.4) is 0 Å². The van der Waals surface area contributed by atoms with Crippen LogP contribution in [0.5, 0.6) is 0 Å². The maximum Gasteiger partial charge on any atom is 0.243 e. The van der Waals surface area contributed by atoms with E-state index < -0.39 is 10.0 Å². The molecule has 0 saturated carbocycles. The molecule has 9 heteroatoms. The number of hydrogen-bond acceptors (Lipinski definition) is 4. The Hall–Kier alpha value is -1.25. The third-order valence-electron chi connectivity index (χ3n) is 4.95. The molecule has 0 radical (unpaired) electrons. The summed E-state index contributed by atoms with van der Waals surface area (Å²) in [5.41, 5.74) is 1.01. The van der Waals surface area contributed by atoms with Gasteiger partial charge >= 0.3 is 0 Å².